The van der Waals surface area contributed by atoms with E-state index in [2.05, 4.69) is 0 Å². The van der Waals surface area contributed by atoms with Crippen molar-refractivity contribution in [1.82, 2.24) is 9.80 Å². The summed E-state index contributed by atoms with van der Waals surface area (Å²) in [5.74, 6) is 0.423. The summed E-state index contributed by atoms with van der Waals surface area (Å²) in [5.41, 5.74) is 2.09. The van der Waals surface area contributed by atoms with E-state index in [0.717, 1.165) is 11.1 Å². The Labute approximate surface area is 155 Å². The van der Waals surface area contributed by atoms with E-state index in [1.165, 1.54) is 6.26 Å². The Morgan fingerprint density at radius 3 is 2.38 bits per heavy atom. The summed E-state index contributed by atoms with van der Waals surface area (Å²) in [5, 5.41) is 0. The summed E-state index contributed by atoms with van der Waals surface area (Å²) in [6.07, 6.45) is 1.47. The minimum absolute atomic E-state index is 0.0143. The molecule has 7 heteroatoms. The lowest BCUT2D eigenvalue weighted by Crippen LogP contribution is -2.51. The number of nitrogens with zero attached hydrogens (tertiary/aromatic N) is 2. The maximum atomic E-state index is 12.4. The molecular weight excluding hydrogens is 352 g/mol. The largest absolute Gasteiger partial charge is 0.459 e. The van der Waals surface area contributed by atoms with Gasteiger partial charge in [-0.1, -0.05) is 24.3 Å². The first-order valence-electron chi connectivity index (χ1n) is 8.54. The summed E-state index contributed by atoms with van der Waals surface area (Å²) >= 11 is 0. The molecule has 1 atom stereocenters. The SMILES string of the molecule is Cc1ccccc1CS(=O)CC(=O)N1CCN(C(=O)c2ccco2)CC1. The molecule has 0 aliphatic carbocycles. The lowest BCUT2D eigenvalue weighted by molar-refractivity contribution is -0.129. The molecule has 2 aromatic rings. The molecule has 1 aromatic heterocycles. The Morgan fingerprint density at radius 2 is 1.73 bits per heavy atom. The first kappa shape index (κ1) is 18.4. The van der Waals surface area contributed by atoms with Crippen molar-refractivity contribution in [2.75, 3.05) is 31.9 Å². The van der Waals surface area contributed by atoms with Gasteiger partial charge in [0.05, 0.1) is 6.26 Å². The van der Waals surface area contributed by atoms with E-state index in [1.54, 1.807) is 21.9 Å². The van der Waals surface area contributed by atoms with Crippen molar-refractivity contribution in [3.63, 3.8) is 0 Å². The van der Waals surface area contributed by atoms with Gasteiger partial charge in [-0.05, 0) is 30.2 Å². The van der Waals surface area contributed by atoms with Crippen LogP contribution in [0.2, 0.25) is 0 Å². The highest BCUT2D eigenvalue weighted by Gasteiger charge is 2.26. The molecule has 0 N–H and O–H groups in total. The van der Waals surface area contributed by atoms with Gasteiger partial charge in [-0.25, -0.2) is 0 Å². The topological polar surface area (TPSA) is 70.8 Å². The van der Waals surface area contributed by atoms with Crippen LogP contribution in [0.15, 0.2) is 47.1 Å². The number of hydrogen-bond acceptors (Lipinski definition) is 4. The fourth-order valence-electron chi connectivity index (χ4n) is 2.94. The number of amides is 2. The molecule has 1 aliphatic rings. The fourth-order valence-corrected chi connectivity index (χ4v) is 4.17. The molecule has 3 rings (SSSR count). The van der Waals surface area contributed by atoms with Crippen LogP contribution in [0.25, 0.3) is 0 Å². The van der Waals surface area contributed by atoms with Crippen LogP contribution >= 0.6 is 0 Å². The van der Waals surface area contributed by atoms with Gasteiger partial charge >= 0.3 is 0 Å². The number of benzene rings is 1. The van der Waals surface area contributed by atoms with Crippen molar-refractivity contribution in [2.24, 2.45) is 0 Å². The van der Waals surface area contributed by atoms with Gasteiger partial charge in [-0.15, -0.1) is 0 Å². The van der Waals surface area contributed by atoms with Crippen molar-refractivity contribution >= 4 is 22.6 Å². The van der Waals surface area contributed by atoms with Crippen LogP contribution in [0.3, 0.4) is 0 Å². The van der Waals surface area contributed by atoms with E-state index in [4.69, 9.17) is 4.42 Å². The minimum atomic E-state index is -1.24. The predicted octanol–water partition coefficient (Wildman–Crippen LogP) is 1.82. The maximum absolute atomic E-state index is 12.4. The number of aryl methyl sites for hydroxylation is 1. The third-order valence-electron chi connectivity index (χ3n) is 4.51. The molecule has 138 valence electrons. The molecule has 1 aromatic carbocycles. The van der Waals surface area contributed by atoms with Gasteiger partial charge in [0.25, 0.3) is 5.91 Å². The quantitative estimate of drug-likeness (QED) is 0.800. The van der Waals surface area contributed by atoms with Crippen molar-refractivity contribution in [3.8, 4) is 0 Å². The summed E-state index contributed by atoms with van der Waals surface area (Å²) in [6.45, 7) is 3.79. The Morgan fingerprint density at radius 1 is 1.04 bits per heavy atom. The predicted molar refractivity (Wildman–Crippen MR) is 99.1 cm³/mol. The number of piperazine rings is 1. The second-order valence-electron chi connectivity index (χ2n) is 6.31. The average Bonchev–Trinajstić information content (AvgIpc) is 3.18. The van der Waals surface area contributed by atoms with E-state index >= 15 is 0 Å². The van der Waals surface area contributed by atoms with Gasteiger partial charge < -0.3 is 14.2 Å². The highest BCUT2D eigenvalue weighted by molar-refractivity contribution is 7.84. The highest BCUT2D eigenvalue weighted by atomic mass is 32.2. The smallest absolute Gasteiger partial charge is 0.289 e. The molecule has 1 unspecified atom stereocenters. The zero-order valence-corrected chi connectivity index (χ0v) is 15.5. The van der Waals surface area contributed by atoms with Gasteiger partial charge in [0.1, 0.15) is 5.75 Å². The van der Waals surface area contributed by atoms with Crippen LogP contribution < -0.4 is 0 Å². The molecule has 1 aliphatic heterocycles. The summed E-state index contributed by atoms with van der Waals surface area (Å²) < 4.78 is 17.5. The molecule has 0 spiro atoms. The lowest BCUT2D eigenvalue weighted by Gasteiger charge is -2.34. The Balaban J connectivity index is 1.48. The molecule has 0 bridgehead atoms. The van der Waals surface area contributed by atoms with Crippen LogP contribution in [0.5, 0.6) is 0 Å². The zero-order valence-electron chi connectivity index (χ0n) is 14.7. The number of carbonyl (C=O) groups is 2. The van der Waals surface area contributed by atoms with Crippen LogP contribution in [0.4, 0.5) is 0 Å². The van der Waals surface area contributed by atoms with Crippen molar-refractivity contribution in [3.05, 3.63) is 59.5 Å². The van der Waals surface area contributed by atoms with Crippen molar-refractivity contribution in [2.45, 2.75) is 12.7 Å². The van der Waals surface area contributed by atoms with E-state index in [1.807, 2.05) is 31.2 Å². The molecule has 1 saturated heterocycles. The van der Waals surface area contributed by atoms with E-state index < -0.39 is 10.8 Å². The number of carbonyl (C=O) groups excluding carboxylic acids is 2. The molecular formula is C19H22N2O4S. The lowest BCUT2D eigenvalue weighted by atomic mass is 10.1. The van der Waals surface area contributed by atoms with E-state index in [0.29, 0.717) is 37.7 Å². The second kappa shape index (κ2) is 8.31. The monoisotopic (exact) mass is 374 g/mol. The zero-order chi connectivity index (χ0) is 18.5. The molecule has 6 nitrogen and oxygen atoms in total. The first-order chi connectivity index (χ1) is 12.5. The van der Waals surface area contributed by atoms with Crippen LogP contribution in [-0.2, 0) is 21.3 Å². The van der Waals surface area contributed by atoms with Gasteiger partial charge in [0.15, 0.2) is 5.76 Å². The molecule has 2 heterocycles. The highest BCUT2D eigenvalue weighted by Crippen LogP contribution is 2.12. The van der Waals surface area contributed by atoms with Crippen LogP contribution in [-0.4, -0.2) is 57.8 Å². The van der Waals surface area contributed by atoms with Crippen LogP contribution in [0, 0.1) is 6.92 Å². The van der Waals surface area contributed by atoms with E-state index in [9.17, 15) is 13.8 Å². The molecule has 26 heavy (non-hydrogen) atoms. The standard InChI is InChI=1S/C19H22N2O4S/c1-15-5-2-3-6-16(15)13-26(24)14-18(22)20-8-10-21(11-9-20)19(23)17-7-4-12-25-17/h2-7,12H,8-11,13-14H2,1H3. The molecule has 1 fully saturated rings. The Hall–Kier alpha value is -2.41. The van der Waals surface area contributed by atoms with Gasteiger partial charge in [-0.2, -0.15) is 0 Å². The van der Waals surface area contributed by atoms with Crippen molar-refractivity contribution < 1.29 is 18.2 Å². The summed E-state index contributed by atoms with van der Waals surface area (Å²) in [7, 11) is -1.24. The number of rotatable bonds is 5. The Kier molecular flexibility index (Phi) is 5.88. The molecule has 0 saturated carbocycles. The number of furan rings is 1. The van der Waals surface area contributed by atoms with Gasteiger partial charge in [0, 0.05) is 42.7 Å². The fraction of sp³-hybridized carbons (Fsp3) is 0.368. The third-order valence-corrected chi connectivity index (χ3v) is 5.72. The summed E-state index contributed by atoms with van der Waals surface area (Å²) in [4.78, 5) is 28.0. The Bertz CT molecular complexity index is 796. The van der Waals surface area contributed by atoms with Crippen LogP contribution in [0.1, 0.15) is 21.7 Å². The normalized spacial score (nSPS) is 15.7. The summed E-state index contributed by atoms with van der Waals surface area (Å²) in [6, 6.07) is 11.1. The minimum Gasteiger partial charge on any atom is -0.459 e. The average molecular weight is 374 g/mol. The van der Waals surface area contributed by atoms with E-state index in [-0.39, 0.29) is 17.6 Å². The maximum Gasteiger partial charge on any atom is 0.289 e. The van der Waals surface area contributed by atoms with Gasteiger partial charge in [0.2, 0.25) is 5.91 Å². The first-order valence-corrected chi connectivity index (χ1v) is 10.0. The molecule has 0 radical (unpaired) electrons. The third kappa shape index (κ3) is 4.40. The number of hydrogen-bond donors (Lipinski definition) is 0. The second-order valence-corrected chi connectivity index (χ2v) is 7.76. The van der Waals surface area contributed by atoms with Crippen molar-refractivity contribution in [1.29, 1.82) is 0 Å². The molecule has 2 amide bonds. The van der Waals surface area contributed by atoms with Gasteiger partial charge in [-0.3, -0.25) is 13.8 Å².